The summed E-state index contributed by atoms with van der Waals surface area (Å²) in [6.07, 6.45) is 7.44. The molecule has 7 fully saturated rings. The molecule has 8 aliphatic rings. The molecule has 12 heteroatoms. The van der Waals surface area contributed by atoms with E-state index in [9.17, 15) is 9.59 Å². The Bertz CT molecular complexity index is 2640. The van der Waals surface area contributed by atoms with E-state index in [-0.39, 0.29) is 87.4 Å². The van der Waals surface area contributed by atoms with Crippen LogP contribution in [0.3, 0.4) is 0 Å². The van der Waals surface area contributed by atoms with E-state index >= 15 is 0 Å². The summed E-state index contributed by atoms with van der Waals surface area (Å²) in [6, 6.07) is 23.9. The minimum absolute atomic E-state index is 0.0391. The van der Waals surface area contributed by atoms with Crippen molar-refractivity contribution in [3.05, 3.63) is 83.4 Å². The van der Waals surface area contributed by atoms with Crippen LogP contribution in [-0.4, -0.2) is 102 Å². The lowest BCUT2D eigenvalue weighted by atomic mass is 9.33. The number of hydrogen-bond donors (Lipinski definition) is 0. The number of allylic oxidation sites excluding steroid dienone is 2. The van der Waals surface area contributed by atoms with Crippen molar-refractivity contribution in [2.45, 2.75) is 261 Å². The second kappa shape index (κ2) is 25.8. The summed E-state index contributed by atoms with van der Waals surface area (Å²) in [6.45, 7) is 38.5. The van der Waals surface area contributed by atoms with Crippen LogP contribution in [0.2, 0.25) is 18.1 Å². The molecular formula is C74H114O11Si. The maximum absolute atomic E-state index is 14.7. The van der Waals surface area contributed by atoms with Crippen LogP contribution in [0, 0.1) is 85.8 Å². The molecule has 2 aromatic rings. The highest BCUT2D eigenvalue weighted by Gasteiger charge is 2.72. The van der Waals surface area contributed by atoms with E-state index < -0.39 is 56.3 Å². The van der Waals surface area contributed by atoms with Crippen molar-refractivity contribution in [1.29, 1.82) is 0 Å². The van der Waals surface area contributed by atoms with Gasteiger partial charge in [-0.3, -0.25) is 4.79 Å². The second-order valence-corrected chi connectivity index (χ2v) is 35.9. The van der Waals surface area contributed by atoms with Crippen molar-refractivity contribution in [1.82, 2.24) is 0 Å². The van der Waals surface area contributed by atoms with Gasteiger partial charge in [-0.15, -0.1) is 0 Å². The van der Waals surface area contributed by atoms with Gasteiger partial charge in [0.05, 0.1) is 67.3 Å². The van der Waals surface area contributed by atoms with Crippen molar-refractivity contribution in [3.63, 3.8) is 0 Å². The average Bonchev–Trinajstić information content (AvgIpc) is 0.688. The summed E-state index contributed by atoms with van der Waals surface area (Å²) in [5.41, 5.74) is 2.11. The maximum Gasteiger partial charge on any atom is 0.192 e. The lowest BCUT2D eigenvalue weighted by molar-refractivity contribution is -0.381. The Morgan fingerprint density at radius 3 is 1.94 bits per heavy atom. The number of ether oxygens (including phenoxy) is 8. The molecular weight excluding hydrogens is 1090 g/mol. The molecule has 11 unspecified atom stereocenters. The van der Waals surface area contributed by atoms with E-state index in [2.05, 4.69) is 165 Å². The molecule has 0 amide bonds. The number of carbonyl (C=O) groups excluding carboxylic acids is 2. The number of benzene rings is 2. The molecule has 86 heavy (non-hydrogen) atoms. The molecule has 5 aliphatic carbocycles. The highest BCUT2D eigenvalue weighted by molar-refractivity contribution is 6.73. The van der Waals surface area contributed by atoms with Crippen LogP contribution in [-0.2, 0) is 64.9 Å². The van der Waals surface area contributed by atoms with Crippen LogP contribution in [0.4, 0.5) is 0 Å². The number of Topliss-reactive ketones (excluding diaryl/α,β-unsaturated/α-hetero) is 1. The molecule has 2 aromatic carbocycles. The molecule has 24 atom stereocenters. The van der Waals surface area contributed by atoms with Gasteiger partial charge in [-0.1, -0.05) is 176 Å². The summed E-state index contributed by atoms with van der Waals surface area (Å²) in [7, 11) is -0.394. The average molecular weight is 1210 g/mol. The van der Waals surface area contributed by atoms with Crippen molar-refractivity contribution in [2.75, 3.05) is 20.3 Å². The van der Waals surface area contributed by atoms with Crippen LogP contribution in [0.25, 0.3) is 0 Å². The highest BCUT2D eigenvalue weighted by atomic mass is 28.4. The Balaban J connectivity index is 1.02. The van der Waals surface area contributed by atoms with Crippen LogP contribution >= 0.6 is 0 Å². The Labute approximate surface area is 520 Å². The molecule has 0 bridgehead atoms. The molecule has 0 radical (unpaired) electrons. The first-order valence-corrected chi connectivity index (χ1v) is 36.8. The van der Waals surface area contributed by atoms with E-state index in [0.717, 1.165) is 75.1 Å². The van der Waals surface area contributed by atoms with Gasteiger partial charge in [-0.2, -0.15) is 0 Å². The third kappa shape index (κ3) is 11.7. The number of fused-ring (bicyclic) bond motifs is 7. The zero-order valence-corrected chi connectivity index (χ0v) is 57.2. The lowest BCUT2D eigenvalue weighted by Crippen LogP contribution is -2.68. The number of methoxy groups -OCH3 is 1. The van der Waals surface area contributed by atoms with Crippen molar-refractivity contribution in [2.24, 2.45) is 85.8 Å². The third-order valence-corrected chi connectivity index (χ3v) is 31.2. The predicted molar refractivity (Wildman–Crippen MR) is 341 cm³/mol. The fourth-order valence-electron chi connectivity index (χ4n) is 19.7. The fourth-order valence-corrected chi connectivity index (χ4v) is 22.6. The fraction of sp³-hybridized carbons (Fsp3) is 0.784. The lowest BCUT2D eigenvalue weighted by Gasteiger charge is -2.72. The van der Waals surface area contributed by atoms with Crippen molar-refractivity contribution < 1.29 is 51.9 Å². The van der Waals surface area contributed by atoms with Crippen LogP contribution in [0.5, 0.6) is 0 Å². The topological polar surface area (TPSA) is 117 Å². The van der Waals surface area contributed by atoms with E-state index in [1.807, 2.05) is 20.1 Å². The summed E-state index contributed by atoms with van der Waals surface area (Å²) < 4.78 is 65.6. The zero-order chi connectivity index (χ0) is 61.9. The Morgan fingerprint density at radius 1 is 0.663 bits per heavy atom. The smallest absolute Gasteiger partial charge is 0.192 e. The summed E-state index contributed by atoms with van der Waals surface area (Å²) in [5.74, 6) is 1.64. The normalized spacial score (nSPS) is 44.9. The number of hydrogen-bond acceptors (Lipinski definition) is 11. The van der Waals surface area contributed by atoms with Gasteiger partial charge in [0.25, 0.3) is 0 Å². The van der Waals surface area contributed by atoms with Gasteiger partial charge in [0.15, 0.2) is 27.2 Å². The monoisotopic (exact) mass is 1210 g/mol. The number of rotatable bonds is 20. The van der Waals surface area contributed by atoms with Gasteiger partial charge >= 0.3 is 0 Å². The maximum atomic E-state index is 14.7. The molecule has 480 valence electrons. The van der Waals surface area contributed by atoms with Crippen molar-refractivity contribution in [3.8, 4) is 0 Å². The third-order valence-electron chi connectivity index (χ3n) is 26.6. The molecule has 3 heterocycles. The Morgan fingerprint density at radius 2 is 1.30 bits per heavy atom. The predicted octanol–water partition coefficient (Wildman–Crippen LogP) is 15.8. The summed E-state index contributed by atoms with van der Waals surface area (Å²) in [5, 5.41) is 0. The van der Waals surface area contributed by atoms with Crippen LogP contribution in [0.15, 0.2) is 72.3 Å². The SMILES string of the molecule is CC[Si](CC)(CC)OC1[C@H](OC2[C@H](O[C@H]3CCC4(C)C5CC=C6C7CC(C)(C)CC[C@]7(C(C)=O)C(OC)CC6(C)C5(C)CC[C@H]4[C@@]3(C)C=O)OC(Cc3ccccc3)[C@H](C)[C@@H]2O[C@@H]2OC[C@H](C)[C@H](C)C2C)OC(COCc2ccccc2)[C@H](C)[C@@H]1C. The molecule has 3 saturated heterocycles. The van der Waals surface area contributed by atoms with Gasteiger partial charge in [-0.05, 0) is 163 Å². The molecule has 4 saturated carbocycles. The summed E-state index contributed by atoms with van der Waals surface area (Å²) in [4.78, 5) is 28.9. The van der Waals surface area contributed by atoms with Gasteiger partial charge in [0.1, 0.15) is 18.2 Å². The second-order valence-electron chi connectivity index (χ2n) is 31.2. The van der Waals surface area contributed by atoms with Gasteiger partial charge in [0, 0.05) is 18.9 Å². The minimum Gasteiger partial charge on any atom is -0.408 e. The number of aldehydes is 1. The van der Waals surface area contributed by atoms with Gasteiger partial charge in [0.2, 0.25) is 0 Å². The van der Waals surface area contributed by atoms with E-state index in [4.69, 9.17) is 42.3 Å². The number of carbonyl (C=O) groups is 2. The Kier molecular flexibility index (Phi) is 19.9. The van der Waals surface area contributed by atoms with Crippen LogP contribution in [0.1, 0.15) is 180 Å². The highest BCUT2D eigenvalue weighted by Crippen LogP contribution is 2.76. The van der Waals surface area contributed by atoms with E-state index in [1.165, 1.54) is 17.4 Å². The molecule has 0 aromatic heterocycles. The Hall–Kier alpha value is -2.62. The summed E-state index contributed by atoms with van der Waals surface area (Å²) >= 11 is 0. The van der Waals surface area contributed by atoms with E-state index in [1.54, 1.807) is 0 Å². The van der Waals surface area contributed by atoms with Crippen molar-refractivity contribution >= 4 is 20.4 Å². The van der Waals surface area contributed by atoms with Gasteiger partial charge < -0.3 is 47.1 Å². The zero-order valence-electron chi connectivity index (χ0n) is 56.2. The molecule has 10 rings (SSSR count). The molecule has 0 spiro atoms. The first-order valence-electron chi connectivity index (χ1n) is 34.3. The first kappa shape index (κ1) is 66.3. The number of ketones is 1. The van der Waals surface area contributed by atoms with E-state index in [0.29, 0.717) is 50.4 Å². The van der Waals surface area contributed by atoms with Crippen LogP contribution < -0.4 is 0 Å². The largest absolute Gasteiger partial charge is 0.408 e. The molecule has 11 nitrogen and oxygen atoms in total. The standard InChI is InChI=1S/C74H114O11Si/c1-18-86(19-2,20-3)85-64-49(7)48(6)58(44-78-43-54-29-25-22-26-30-54)81-67(64)84-65-63(83-66-50(8)47(5)46(4)42-79-66)51(9)57(39-53-27-23-21-24-28-53)80-68(65)82-61-34-35-70(13)59(71(61,14)45-75)33-36-72(15)60(70)32-31-55-56-40-69(11,12)37-38-74(56,52(10)76)62(77-17)41-73(55,72)16/h21-31,45-51,56-68H,18-20,32-44H2,1-17H3/t46-,47-,48+,49-,50?,51-,56?,57?,58?,59+,60?,61-,62?,63-,64?,65?,66-,67-,68-,70?,71+,72?,73?,74+/m0/s1. The van der Waals surface area contributed by atoms with Gasteiger partial charge in [-0.25, -0.2) is 0 Å². The minimum atomic E-state index is -2.25. The molecule has 3 aliphatic heterocycles. The molecule has 0 N–H and O–H groups in total. The quantitative estimate of drug-likeness (QED) is 0.0546. The first-order chi connectivity index (χ1) is 40.8.